The number of fused-ring (bicyclic) bond motifs is 3. The van der Waals surface area contributed by atoms with Crippen LogP contribution in [0.3, 0.4) is 0 Å². The molecule has 107 heavy (non-hydrogen) atoms. The minimum atomic E-state index is -0.450. The Morgan fingerprint density at radius 1 is 0.243 bits per heavy atom. The predicted octanol–water partition coefficient (Wildman–Crippen LogP) is 25.7. The molecule has 13 aromatic carbocycles. The summed E-state index contributed by atoms with van der Waals surface area (Å²) in [5.74, 6) is 0. The van der Waals surface area contributed by atoms with Crippen molar-refractivity contribution in [1.29, 1.82) is 0 Å². The molecule has 0 saturated carbocycles. The number of pyridine rings is 3. The van der Waals surface area contributed by atoms with E-state index in [0.29, 0.717) is 0 Å². The molecule has 510 valence electrons. The van der Waals surface area contributed by atoms with Gasteiger partial charge in [-0.3, -0.25) is 15.0 Å². The van der Waals surface area contributed by atoms with E-state index in [1.807, 2.05) is 30.7 Å². The van der Waals surface area contributed by atoms with E-state index in [0.717, 1.165) is 189 Å². The summed E-state index contributed by atoms with van der Waals surface area (Å²) in [7, 11) is -0.450. The van der Waals surface area contributed by atoms with Gasteiger partial charge in [0.15, 0.2) is 0 Å². The van der Waals surface area contributed by atoms with Gasteiger partial charge in [-0.15, -0.1) is 0 Å². The van der Waals surface area contributed by atoms with Crippen LogP contribution < -0.4 is 5.46 Å². The summed E-state index contributed by atoms with van der Waals surface area (Å²) in [6.45, 7) is 10.5. The highest BCUT2D eigenvalue weighted by Gasteiger charge is 2.51. The van der Waals surface area contributed by atoms with Gasteiger partial charge in [0, 0.05) is 51.6 Å². The zero-order chi connectivity index (χ0) is 72.2. The summed E-state index contributed by atoms with van der Waals surface area (Å²) in [5.41, 5.74) is 32.9. The minimum Gasteiger partial charge on any atom is -0.456 e. The molecule has 0 unspecified atom stereocenters. The zero-order valence-corrected chi connectivity index (χ0v) is 60.2. The number of hydrogen-bond acceptors (Lipinski definition) is 6. The summed E-state index contributed by atoms with van der Waals surface area (Å²) >= 11 is 0. The molecule has 17 aromatic rings. The number of aromatic nitrogens is 3. The predicted molar refractivity (Wildman–Crippen MR) is 444 cm³/mol. The van der Waals surface area contributed by atoms with Gasteiger partial charge < -0.3 is 13.7 Å². The Bertz CT molecular complexity index is 5990. The molecule has 5 heterocycles. The molecule has 1 saturated heterocycles. The third-order valence-electron chi connectivity index (χ3n) is 21.7. The van der Waals surface area contributed by atoms with E-state index >= 15 is 0 Å². The largest absolute Gasteiger partial charge is 0.494 e. The molecule has 6 nitrogen and oxygen atoms in total. The fraction of sp³-hybridized carbons (Fsp3) is 0.0700. The quantitative estimate of drug-likeness (QED) is 0.0953. The maximum atomic E-state index is 6.73. The van der Waals surface area contributed by atoms with Crippen molar-refractivity contribution < 1.29 is 13.7 Å². The lowest BCUT2D eigenvalue weighted by molar-refractivity contribution is 0.00578. The highest BCUT2D eigenvalue weighted by Crippen LogP contribution is 2.49. The second kappa shape index (κ2) is 27.6. The molecule has 0 amide bonds. The average Bonchev–Trinajstić information content (AvgIpc) is 1.20. The highest BCUT2D eigenvalue weighted by molar-refractivity contribution is 6.62. The SMILES string of the molecule is Cc1cc(-c2ccc(-c3ccccc3-c3cc(-c4ccccc4-c4ccc(-c5ccccn5)cc4-c4ccccc4)cc(-c4ccccc4-c4ccc(-c5ccccn5)cc4-c4ccccc4)c3)c(-c3ccc4oc5ccc(-c6ccc(B7OC(C)(C)C(C)(C)O7)cc6)cc5c4c3)c2)ncc1-c1ccccc1. The van der Waals surface area contributed by atoms with Crippen LogP contribution in [0, 0.1) is 6.92 Å². The van der Waals surface area contributed by atoms with Crippen LogP contribution in [0.15, 0.2) is 363 Å². The van der Waals surface area contributed by atoms with Gasteiger partial charge in [-0.2, -0.15) is 0 Å². The van der Waals surface area contributed by atoms with Gasteiger partial charge >= 0.3 is 7.12 Å². The molecule has 1 aliphatic rings. The first-order valence-corrected chi connectivity index (χ1v) is 36.7. The van der Waals surface area contributed by atoms with Gasteiger partial charge in [-0.05, 0) is 253 Å². The van der Waals surface area contributed by atoms with E-state index in [4.69, 9.17) is 28.7 Å². The summed E-state index contributed by atoms with van der Waals surface area (Å²) in [6.07, 6.45) is 5.75. The van der Waals surface area contributed by atoms with Crippen molar-refractivity contribution in [1.82, 2.24) is 15.0 Å². The van der Waals surface area contributed by atoms with E-state index in [9.17, 15) is 0 Å². The third kappa shape index (κ3) is 12.7. The maximum Gasteiger partial charge on any atom is 0.494 e. The van der Waals surface area contributed by atoms with Gasteiger partial charge in [-0.25, -0.2) is 0 Å². The molecule has 7 heteroatoms. The first-order chi connectivity index (χ1) is 52.4. The Kier molecular flexibility index (Phi) is 17.1. The molecule has 0 N–H and O–H groups in total. The molecule has 1 fully saturated rings. The number of furan rings is 1. The van der Waals surface area contributed by atoms with Crippen molar-refractivity contribution in [3.8, 4) is 156 Å². The van der Waals surface area contributed by atoms with Gasteiger partial charge in [0.2, 0.25) is 0 Å². The third-order valence-corrected chi connectivity index (χ3v) is 21.7. The molecule has 0 aliphatic carbocycles. The number of rotatable bonds is 15. The Morgan fingerprint density at radius 2 is 0.598 bits per heavy atom. The smallest absolute Gasteiger partial charge is 0.456 e. The number of nitrogens with zero attached hydrogens (tertiary/aromatic N) is 3. The van der Waals surface area contributed by atoms with Crippen LogP contribution >= 0.6 is 0 Å². The summed E-state index contributed by atoms with van der Waals surface area (Å²) in [5, 5.41) is 2.06. The molecule has 0 radical (unpaired) electrons. The molecule has 4 aromatic heterocycles. The van der Waals surface area contributed by atoms with Crippen LogP contribution in [0.25, 0.3) is 178 Å². The maximum absolute atomic E-state index is 6.73. The highest BCUT2D eigenvalue weighted by atomic mass is 16.7. The van der Waals surface area contributed by atoms with E-state index < -0.39 is 18.3 Å². The van der Waals surface area contributed by atoms with Crippen molar-refractivity contribution in [3.05, 3.63) is 364 Å². The molecular formula is C100H74BN3O3. The molecule has 18 rings (SSSR count). The van der Waals surface area contributed by atoms with Crippen LogP contribution in [-0.2, 0) is 9.31 Å². The Labute approximate surface area is 625 Å². The fourth-order valence-corrected chi connectivity index (χ4v) is 15.4. The van der Waals surface area contributed by atoms with Gasteiger partial charge in [0.25, 0.3) is 0 Å². The van der Waals surface area contributed by atoms with Crippen molar-refractivity contribution in [2.45, 2.75) is 45.8 Å². The standard InChI is InChI=1S/C100H74BN3O3/c1-65-55-96(104-64-93(65)69-29-13-8-14-30-69)74-43-50-87(90(63-74)71-45-52-98-92(60-71)91-59-70(44-51-97(91)105-98)66-39-46-78(47-40-66)101-106-99(2,3)100(4,5)107-101)84-36-20-17-33-81(84)77-57-75(79-31-15-18-34-82(79)85-48-41-72(94-37-21-23-53-102-94)61-88(85)67-25-9-6-10-26-67)56-76(58-77)80-32-16-19-35-83(80)86-49-42-73(95-38-22-24-54-103-95)62-89(86)68-27-11-7-12-28-68/h6-64H,1-5H3. The van der Waals surface area contributed by atoms with Crippen molar-refractivity contribution in [2.24, 2.45) is 0 Å². The second-order valence-corrected chi connectivity index (χ2v) is 28.9. The van der Waals surface area contributed by atoms with Crippen molar-refractivity contribution >= 4 is 34.5 Å². The second-order valence-electron chi connectivity index (χ2n) is 28.9. The fourth-order valence-electron chi connectivity index (χ4n) is 15.4. The molecule has 0 atom stereocenters. The Morgan fingerprint density at radius 3 is 1.03 bits per heavy atom. The number of aryl methyl sites for hydroxylation is 1. The van der Waals surface area contributed by atoms with Crippen LogP contribution in [0.5, 0.6) is 0 Å². The molecule has 0 spiro atoms. The van der Waals surface area contributed by atoms with Crippen LogP contribution in [-0.4, -0.2) is 33.3 Å². The van der Waals surface area contributed by atoms with E-state index in [2.05, 4.69) is 362 Å². The number of benzene rings is 13. The molecular weight excluding hydrogens is 1300 g/mol. The normalized spacial score (nSPS) is 13.1. The van der Waals surface area contributed by atoms with Gasteiger partial charge in [0.05, 0.1) is 28.3 Å². The average molecular weight is 1380 g/mol. The molecule has 0 bridgehead atoms. The van der Waals surface area contributed by atoms with Crippen molar-refractivity contribution in [2.75, 3.05) is 0 Å². The van der Waals surface area contributed by atoms with Crippen LogP contribution in [0.1, 0.15) is 33.3 Å². The van der Waals surface area contributed by atoms with Crippen LogP contribution in [0.4, 0.5) is 0 Å². The minimum absolute atomic E-state index is 0.438. The summed E-state index contributed by atoms with van der Waals surface area (Å²) < 4.78 is 19.6. The number of hydrogen-bond donors (Lipinski definition) is 0. The first-order valence-electron chi connectivity index (χ1n) is 36.7. The van der Waals surface area contributed by atoms with Crippen molar-refractivity contribution in [3.63, 3.8) is 0 Å². The lowest BCUT2D eigenvalue weighted by Gasteiger charge is -2.32. The summed E-state index contributed by atoms with van der Waals surface area (Å²) in [6, 6.07) is 123. The van der Waals surface area contributed by atoms with Crippen LogP contribution in [0.2, 0.25) is 0 Å². The van der Waals surface area contributed by atoms with E-state index in [1.165, 1.54) is 0 Å². The van der Waals surface area contributed by atoms with E-state index in [-0.39, 0.29) is 0 Å². The zero-order valence-electron chi connectivity index (χ0n) is 60.2. The Hall–Kier alpha value is -12.9. The van der Waals surface area contributed by atoms with Gasteiger partial charge in [-0.1, -0.05) is 249 Å². The lowest BCUT2D eigenvalue weighted by atomic mass is 9.78. The van der Waals surface area contributed by atoms with E-state index in [1.54, 1.807) is 0 Å². The lowest BCUT2D eigenvalue weighted by Crippen LogP contribution is -2.41. The van der Waals surface area contributed by atoms with Gasteiger partial charge in [0.1, 0.15) is 11.2 Å². The topological polar surface area (TPSA) is 70.3 Å². The first kappa shape index (κ1) is 66.1. The Balaban J connectivity index is 0.828. The molecule has 1 aliphatic heterocycles. The monoisotopic (exact) mass is 1380 g/mol. The summed E-state index contributed by atoms with van der Waals surface area (Å²) in [4.78, 5) is 14.9.